The lowest BCUT2D eigenvalue weighted by Gasteiger charge is -1.98. The lowest BCUT2D eigenvalue weighted by molar-refractivity contribution is 0.475. The molecule has 0 aliphatic heterocycles. The number of aryl methyl sites for hydroxylation is 1. The Morgan fingerprint density at radius 3 is 2.23 bits per heavy atom. The van der Waals surface area contributed by atoms with E-state index in [1.54, 1.807) is 12.1 Å². The zero-order valence-corrected chi connectivity index (χ0v) is 12.2. The highest BCUT2D eigenvalue weighted by Crippen LogP contribution is 2.22. The van der Waals surface area contributed by atoms with Crippen molar-refractivity contribution < 1.29 is 13.9 Å². The summed E-state index contributed by atoms with van der Waals surface area (Å²) in [4.78, 5) is 0. The molecule has 0 aromatic heterocycles. The second-order valence-electron chi connectivity index (χ2n) is 4.87. The summed E-state index contributed by atoms with van der Waals surface area (Å²) >= 11 is 0. The van der Waals surface area contributed by atoms with Gasteiger partial charge in [0.2, 0.25) is 5.83 Å². The summed E-state index contributed by atoms with van der Waals surface area (Å²) in [6.07, 6.45) is 2.04. The molecule has 0 amide bonds. The second kappa shape index (κ2) is 7.42. The topological polar surface area (TPSA) is 20.2 Å². The van der Waals surface area contributed by atoms with Crippen LogP contribution >= 0.6 is 0 Å². The van der Waals surface area contributed by atoms with Gasteiger partial charge >= 0.3 is 0 Å². The summed E-state index contributed by atoms with van der Waals surface area (Å²) < 4.78 is 27.6. The standard InChI is InChI=1S/C19H16F2O/c1-2-3-14-4-6-15(7-5-14)8-13-18(20)19(21)16-9-11-17(22)12-10-16/h4-7,9-12,22H,2-3H2,1H3. The van der Waals surface area contributed by atoms with Gasteiger partial charge in [0.1, 0.15) is 5.75 Å². The Morgan fingerprint density at radius 1 is 1.00 bits per heavy atom. The summed E-state index contributed by atoms with van der Waals surface area (Å²) in [6, 6.07) is 12.6. The summed E-state index contributed by atoms with van der Waals surface area (Å²) in [6.45, 7) is 2.10. The largest absolute Gasteiger partial charge is 0.508 e. The fraction of sp³-hybridized carbons (Fsp3) is 0.158. The van der Waals surface area contributed by atoms with Crippen LogP contribution in [0.1, 0.15) is 30.0 Å². The van der Waals surface area contributed by atoms with E-state index in [1.165, 1.54) is 29.8 Å². The predicted molar refractivity (Wildman–Crippen MR) is 84.6 cm³/mol. The van der Waals surface area contributed by atoms with Gasteiger partial charge in [-0.3, -0.25) is 0 Å². The third kappa shape index (κ3) is 4.20. The average molecular weight is 298 g/mol. The molecule has 0 aliphatic rings. The Labute approximate surface area is 128 Å². The van der Waals surface area contributed by atoms with E-state index in [0.29, 0.717) is 5.56 Å². The van der Waals surface area contributed by atoms with Crippen molar-refractivity contribution in [3.8, 4) is 17.6 Å². The van der Waals surface area contributed by atoms with Gasteiger partial charge in [-0.1, -0.05) is 31.4 Å². The molecule has 0 saturated heterocycles. The molecule has 1 nitrogen and oxygen atoms in total. The fourth-order valence-corrected chi connectivity index (χ4v) is 1.96. The minimum Gasteiger partial charge on any atom is -0.508 e. The van der Waals surface area contributed by atoms with Gasteiger partial charge in [-0.2, -0.15) is 4.39 Å². The molecule has 0 spiro atoms. The van der Waals surface area contributed by atoms with E-state index < -0.39 is 11.7 Å². The number of hydrogen-bond acceptors (Lipinski definition) is 1. The SMILES string of the molecule is CCCc1ccc(C#CC(F)=C(F)c2ccc(O)cc2)cc1. The summed E-state index contributed by atoms with van der Waals surface area (Å²) in [5, 5.41) is 9.13. The van der Waals surface area contributed by atoms with Gasteiger partial charge in [0.15, 0.2) is 5.83 Å². The van der Waals surface area contributed by atoms with E-state index in [9.17, 15) is 8.78 Å². The number of aromatic hydroxyl groups is 1. The molecule has 22 heavy (non-hydrogen) atoms. The van der Waals surface area contributed by atoms with Crippen LogP contribution < -0.4 is 0 Å². The quantitative estimate of drug-likeness (QED) is 0.790. The Kier molecular flexibility index (Phi) is 5.32. The first-order valence-electron chi connectivity index (χ1n) is 7.05. The van der Waals surface area contributed by atoms with E-state index in [0.717, 1.165) is 12.8 Å². The lowest BCUT2D eigenvalue weighted by Crippen LogP contribution is -1.83. The molecule has 1 N–H and O–H groups in total. The Balaban J connectivity index is 2.18. The first kappa shape index (κ1) is 15.8. The average Bonchev–Trinajstić information content (AvgIpc) is 2.54. The van der Waals surface area contributed by atoms with Crippen molar-refractivity contribution in [1.82, 2.24) is 0 Å². The van der Waals surface area contributed by atoms with Crippen molar-refractivity contribution in [1.29, 1.82) is 0 Å². The monoisotopic (exact) mass is 298 g/mol. The van der Waals surface area contributed by atoms with Gasteiger partial charge < -0.3 is 5.11 Å². The van der Waals surface area contributed by atoms with Crippen molar-refractivity contribution in [3.05, 3.63) is 71.0 Å². The van der Waals surface area contributed by atoms with Gasteiger partial charge in [0.25, 0.3) is 0 Å². The lowest BCUT2D eigenvalue weighted by atomic mass is 10.1. The van der Waals surface area contributed by atoms with E-state index in [-0.39, 0.29) is 11.3 Å². The van der Waals surface area contributed by atoms with Crippen molar-refractivity contribution in [2.24, 2.45) is 0 Å². The fourth-order valence-electron chi connectivity index (χ4n) is 1.96. The molecule has 0 unspecified atom stereocenters. The maximum atomic E-state index is 13.8. The van der Waals surface area contributed by atoms with E-state index in [2.05, 4.69) is 18.8 Å². The number of allylic oxidation sites excluding steroid dienone is 1. The van der Waals surface area contributed by atoms with E-state index >= 15 is 0 Å². The molecule has 0 atom stereocenters. The normalized spacial score (nSPS) is 11.4. The molecule has 3 heteroatoms. The predicted octanol–water partition coefficient (Wildman–Crippen LogP) is 5.00. The maximum Gasteiger partial charge on any atom is 0.209 e. The minimum atomic E-state index is -1.12. The third-order valence-electron chi connectivity index (χ3n) is 3.12. The Bertz CT molecular complexity index is 717. The first-order valence-corrected chi connectivity index (χ1v) is 7.05. The van der Waals surface area contributed by atoms with Crippen molar-refractivity contribution in [2.45, 2.75) is 19.8 Å². The van der Waals surface area contributed by atoms with Gasteiger partial charge in [-0.25, -0.2) is 4.39 Å². The number of phenols is 1. The maximum absolute atomic E-state index is 13.8. The summed E-state index contributed by atoms with van der Waals surface area (Å²) in [5.41, 5.74) is 1.87. The number of hydrogen-bond donors (Lipinski definition) is 1. The number of rotatable bonds is 3. The van der Waals surface area contributed by atoms with Crippen LogP contribution in [0.15, 0.2) is 54.4 Å². The van der Waals surface area contributed by atoms with Crippen molar-refractivity contribution in [2.75, 3.05) is 0 Å². The first-order chi connectivity index (χ1) is 10.6. The summed E-state index contributed by atoms with van der Waals surface area (Å²) in [5.74, 6) is 2.63. The molecule has 0 saturated carbocycles. The van der Waals surface area contributed by atoms with Crippen molar-refractivity contribution in [3.63, 3.8) is 0 Å². The number of benzene rings is 2. The van der Waals surface area contributed by atoms with Crippen LogP contribution in [0.5, 0.6) is 5.75 Å². The Hall–Kier alpha value is -2.60. The van der Waals surface area contributed by atoms with Crippen LogP contribution in [0.3, 0.4) is 0 Å². The van der Waals surface area contributed by atoms with Gasteiger partial charge in [0.05, 0.1) is 0 Å². The van der Waals surface area contributed by atoms with E-state index in [1.807, 2.05) is 12.1 Å². The molecule has 0 bridgehead atoms. The molecule has 2 rings (SSSR count). The molecule has 2 aromatic carbocycles. The zero-order valence-electron chi connectivity index (χ0n) is 12.2. The molecule has 0 fully saturated rings. The van der Waals surface area contributed by atoms with Crippen LogP contribution in [0, 0.1) is 11.8 Å². The summed E-state index contributed by atoms with van der Waals surface area (Å²) in [7, 11) is 0. The van der Waals surface area contributed by atoms with Crippen LogP contribution in [0.4, 0.5) is 8.78 Å². The minimum absolute atomic E-state index is 0.00443. The number of halogens is 2. The second-order valence-corrected chi connectivity index (χ2v) is 4.87. The van der Waals surface area contributed by atoms with Gasteiger partial charge in [0, 0.05) is 11.1 Å². The Morgan fingerprint density at radius 2 is 1.64 bits per heavy atom. The molecular weight excluding hydrogens is 282 g/mol. The highest BCUT2D eigenvalue weighted by Gasteiger charge is 2.06. The van der Waals surface area contributed by atoms with Crippen LogP contribution in [0.2, 0.25) is 0 Å². The van der Waals surface area contributed by atoms with Crippen LogP contribution in [0.25, 0.3) is 5.83 Å². The molecule has 0 aliphatic carbocycles. The third-order valence-corrected chi connectivity index (χ3v) is 3.12. The highest BCUT2D eigenvalue weighted by atomic mass is 19.2. The molecular formula is C19H16F2O. The van der Waals surface area contributed by atoms with Gasteiger partial charge in [-0.05, 0) is 54.3 Å². The van der Waals surface area contributed by atoms with Crippen LogP contribution in [-0.2, 0) is 6.42 Å². The van der Waals surface area contributed by atoms with E-state index in [4.69, 9.17) is 5.11 Å². The molecule has 2 aromatic rings. The number of phenolic OH excluding ortho intramolecular Hbond substituents is 1. The highest BCUT2D eigenvalue weighted by molar-refractivity contribution is 5.65. The van der Waals surface area contributed by atoms with Crippen molar-refractivity contribution >= 4 is 5.83 Å². The molecule has 112 valence electrons. The zero-order chi connectivity index (χ0) is 15.9. The molecule has 0 radical (unpaired) electrons. The molecule has 0 heterocycles. The smallest absolute Gasteiger partial charge is 0.209 e. The van der Waals surface area contributed by atoms with Gasteiger partial charge in [-0.15, -0.1) is 0 Å². The van der Waals surface area contributed by atoms with Crippen LogP contribution in [-0.4, -0.2) is 5.11 Å².